The second-order valence-corrected chi connectivity index (χ2v) is 5.62. The summed E-state index contributed by atoms with van der Waals surface area (Å²) in [6.07, 6.45) is 2.60. The molecule has 0 unspecified atom stereocenters. The molecule has 0 aliphatic rings. The average Bonchev–Trinajstić information content (AvgIpc) is 2.41. The van der Waals surface area contributed by atoms with Crippen molar-refractivity contribution >= 4 is 49.4 Å². The molecule has 1 heterocycles. The van der Waals surface area contributed by atoms with Crippen LogP contribution in [0.1, 0.15) is 20.7 Å². The van der Waals surface area contributed by atoms with E-state index >= 15 is 0 Å². The molecule has 0 radical (unpaired) electrons. The molecule has 0 fully saturated rings. The molecule has 102 valence electrons. The van der Waals surface area contributed by atoms with E-state index in [-0.39, 0.29) is 11.5 Å². The minimum absolute atomic E-state index is 0.0103. The summed E-state index contributed by atoms with van der Waals surface area (Å²) in [6, 6.07) is 6.55. The molecule has 7 heteroatoms. The van der Waals surface area contributed by atoms with Crippen LogP contribution in [-0.4, -0.2) is 22.0 Å². The van der Waals surface area contributed by atoms with Gasteiger partial charge in [-0.15, -0.1) is 0 Å². The molecule has 2 rings (SSSR count). The van der Waals surface area contributed by atoms with Gasteiger partial charge in [-0.05, 0) is 40.2 Å². The first-order chi connectivity index (χ1) is 9.47. The molecule has 0 bridgehead atoms. The van der Waals surface area contributed by atoms with E-state index in [1.165, 1.54) is 18.5 Å². The normalized spacial score (nSPS) is 10.1. The third kappa shape index (κ3) is 3.43. The Hall–Kier alpha value is -1.73. The number of pyridine rings is 1. The van der Waals surface area contributed by atoms with E-state index in [1.807, 2.05) is 0 Å². The monoisotopic (exact) mass is 398 g/mol. The summed E-state index contributed by atoms with van der Waals surface area (Å²) in [7, 11) is 0. The molecule has 0 aliphatic carbocycles. The highest BCUT2D eigenvalue weighted by Gasteiger charge is 2.12. The van der Waals surface area contributed by atoms with Gasteiger partial charge in [0.2, 0.25) is 0 Å². The van der Waals surface area contributed by atoms with E-state index in [1.54, 1.807) is 18.2 Å². The summed E-state index contributed by atoms with van der Waals surface area (Å²) >= 11 is 6.58. The van der Waals surface area contributed by atoms with Crippen LogP contribution in [-0.2, 0) is 0 Å². The fourth-order valence-electron chi connectivity index (χ4n) is 1.50. The van der Waals surface area contributed by atoms with Crippen LogP contribution in [0.3, 0.4) is 0 Å². The molecule has 1 aromatic carbocycles. The lowest BCUT2D eigenvalue weighted by molar-refractivity contribution is 0.0696. The maximum Gasteiger partial charge on any atom is 0.337 e. The first-order valence-corrected chi connectivity index (χ1v) is 7.00. The Balaban J connectivity index is 2.25. The van der Waals surface area contributed by atoms with Gasteiger partial charge in [-0.2, -0.15) is 0 Å². The van der Waals surface area contributed by atoms with Gasteiger partial charge in [-0.25, -0.2) is 4.79 Å². The predicted molar refractivity (Wildman–Crippen MR) is 81.0 cm³/mol. The fraction of sp³-hybridized carbons (Fsp3) is 0. The van der Waals surface area contributed by atoms with Crippen molar-refractivity contribution in [1.82, 2.24) is 4.98 Å². The van der Waals surface area contributed by atoms with Crippen molar-refractivity contribution in [2.45, 2.75) is 0 Å². The predicted octanol–water partition coefficient (Wildman–Crippen LogP) is 3.56. The standard InChI is InChI=1S/C13H8Br2N2O3/c14-8-1-2-11(15)10(4-8)12(18)17-9-3-7(13(19)20)5-16-6-9/h1-6H,(H,17,18)(H,19,20). The third-order valence-electron chi connectivity index (χ3n) is 2.42. The summed E-state index contributed by atoms with van der Waals surface area (Å²) in [5.74, 6) is -1.46. The van der Waals surface area contributed by atoms with Crippen molar-refractivity contribution in [3.05, 3.63) is 56.7 Å². The summed E-state index contributed by atoms with van der Waals surface area (Å²) in [5.41, 5.74) is 0.762. The number of carbonyl (C=O) groups excluding carboxylic acids is 1. The molecule has 0 atom stereocenters. The second kappa shape index (κ2) is 6.15. The molecule has 5 nitrogen and oxygen atoms in total. The average molecular weight is 400 g/mol. The molecule has 2 aromatic rings. The number of aromatic nitrogens is 1. The van der Waals surface area contributed by atoms with Crippen LogP contribution in [0.4, 0.5) is 5.69 Å². The Morgan fingerprint density at radius 3 is 2.60 bits per heavy atom. The van der Waals surface area contributed by atoms with Gasteiger partial charge in [0, 0.05) is 15.1 Å². The largest absolute Gasteiger partial charge is 0.478 e. The Morgan fingerprint density at radius 2 is 1.90 bits per heavy atom. The highest BCUT2D eigenvalue weighted by Crippen LogP contribution is 2.22. The summed E-state index contributed by atoms with van der Waals surface area (Å²) in [4.78, 5) is 26.7. The van der Waals surface area contributed by atoms with E-state index < -0.39 is 5.97 Å². The molecule has 1 amide bonds. The number of carbonyl (C=O) groups is 2. The summed E-state index contributed by atoms with van der Waals surface area (Å²) in [5, 5.41) is 11.5. The van der Waals surface area contributed by atoms with Gasteiger partial charge in [-0.1, -0.05) is 15.9 Å². The Labute approximate surface area is 131 Å². The smallest absolute Gasteiger partial charge is 0.337 e. The fourth-order valence-corrected chi connectivity index (χ4v) is 2.28. The van der Waals surface area contributed by atoms with Crippen molar-refractivity contribution < 1.29 is 14.7 Å². The van der Waals surface area contributed by atoms with Crippen LogP contribution in [0, 0.1) is 0 Å². The second-order valence-electron chi connectivity index (χ2n) is 3.85. The summed E-state index contributed by atoms with van der Waals surface area (Å²) < 4.78 is 1.41. The third-order valence-corrected chi connectivity index (χ3v) is 3.60. The van der Waals surface area contributed by atoms with E-state index in [9.17, 15) is 9.59 Å². The molecular weight excluding hydrogens is 392 g/mol. The van der Waals surface area contributed by atoms with Gasteiger partial charge in [0.05, 0.1) is 23.0 Å². The first-order valence-electron chi connectivity index (χ1n) is 5.42. The minimum atomic E-state index is -1.10. The summed E-state index contributed by atoms with van der Waals surface area (Å²) in [6.45, 7) is 0. The van der Waals surface area contributed by atoms with Crippen LogP contribution in [0.25, 0.3) is 0 Å². The van der Waals surface area contributed by atoms with Gasteiger partial charge in [0.1, 0.15) is 0 Å². The van der Waals surface area contributed by atoms with Crippen LogP contribution in [0.2, 0.25) is 0 Å². The number of nitrogens with zero attached hydrogens (tertiary/aromatic N) is 1. The molecule has 20 heavy (non-hydrogen) atoms. The van der Waals surface area contributed by atoms with Gasteiger partial charge in [0.25, 0.3) is 5.91 Å². The molecule has 1 aromatic heterocycles. The topological polar surface area (TPSA) is 79.3 Å². The van der Waals surface area contributed by atoms with Gasteiger partial charge >= 0.3 is 5.97 Å². The Kier molecular flexibility index (Phi) is 4.51. The zero-order chi connectivity index (χ0) is 14.7. The number of amides is 1. The van der Waals surface area contributed by atoms with E-state index in [4.69, 9.17) is 5.11 Å². The molecule has 0 saturated carbocycles. The number of anilines is 1. The lowest BCUT2D eigenvalue weighted by Crippen LogP contribution is -2.13. The number of carboxylic acid groups (broad SMARTS) is 1. The molecule has 0 spiro atoms. The van der Waals surface area contributed by atoms with Crippen LogP contribution >= 0.6 is 31.9 Å². The highest BCUT2D eigenvalue weighted by molar-refractivity contribution is 9.11. The van der Waals surface area contributed by atoms with Crippen molar-refractivity contribution in [2.75, 3.05) is 5.32 Å². The van der Waals surface area contributed by atoms with E-state index in [0.717, 1.165) is 4.47 Å². The Bertz CT molecular complexity index is 689. The number of aromatic carboxylic acids is 1. The lowest BCUT2D eigenvalue weighted by atomic mass is 10.2. The molecular formula is C13H8Br2N2O3. The number of benzene rings is 1. The molecule has 2 N–H and O–H groups in total. The highest BCUT2D eigenvalue weighted by atomic mass is 79.9. The lowest BCUT2D eigenvalue weighted by Gasteiger charge is -2.07. The molecule has 0 saturated heterocycles. The number of halogens is 2. The number of nitrogens with one attached hydrogen (secondary N) is 1. The first kappa shape index (κ1) is 14.7. The minimum Gasteiger partial charge on any atom is -0.478 e. The van der Waals surface area contributed by atoms with Crippen LogP contribution < -0.4 is 5.32 Å². The zero-order valence-corrected chi connectivity index (χ0v) is 13.1. The maximum absolute atomic E-state index is 12.1. The van der Waals surface area contributed by atoms with E-state index in [0.29, 0.717) is 15.7 Å². The van der Waals surface area contributed by atoms with Crippen molar-refractivity contribution in [1.29, 1.82) is 0 Å². The van der Waals surface area contributed by atoms with Crippen molar-refractivity contribution in [3.63, 3.8) is 0 Å². The van der Waals surface area contributed by atoms with Gasteiger partial charge < -0.3 is 10.4 Å². The quantitative estimate of drug-likeness (QED) is 0.826. The number of hydrogen-bond acceptors (Lipinski definition) is 3. The van der Waals surface area contributed by atoms with Crippen molar-refractivity contribution in [3.8, 4) is 0 Å². The van der Waals surface area contributed by atoms with Crippen molar-refractivity contribution in [2.24, 2.45) is 0 Å². The zero-order valence-electron chi connectivity index (χ0n) is 9.93. The molecule has 0 aliphatic heterocycles. The van der Waals surface area contributed by atoms with Gasteiger partial charge in [-0.3, -0.25) is 9.78 Å². The number of hydrogen-bond donors (Lipinski definition) is 2. The van der Waals surface area contributed by atoms with Crippen LogP contribution in [0.15, 0.2) is 45.6 Å². The number of carboxylic acids is 1. The van der Waals surface area contributed by atoms with Gasteiger partial charge in [0.15, 0.2) is 0 Å². The van der Waals surface area contributed by atoms with Crippen LogP contribution in [0.5, 0.6) is 0 Å². The van der Waals surface area contributed by atoms with E-state index in [2.05, 4.69) is 42.2 Å². The SMILES string of the molecule is O=C(O)c1cncc(NC(=O)c2cc(Br)ccc2Br)c1. The number of rotatable bonds is 3. The Morgan fingerprint density at radius 1 is 1.15 bits per heavy atom. The maximum atomic E-state index is 12.1.